The number of nitrogens with zero attached hydrogens (tertiary/aromatic N) is 1. The summed E-state index contributed by atoms with van der Waals surface area (Å²) in [5, 5.41) is 9.19. The van der Waals surface area contributed by atoms with Gasteiger partial charge in [0, 0.05) is 12.2 Å². The molecule has 8 heteroatoms. The summed E-state index contributed by atoms with van der Waals surface area (Å²) in [4.78, 5) is 23.5. The van der Waals surface area contributed by atoms with Gasteiger partial charge >= 0.3 is 12.6 Å². The first-order valence-electron chi connectivity index (χ1n) is 7.45. The van der Waals surface area contributed by atoms with Gasteiger partial charge in [-0.2, -0.15) is 8.78 Å². The Balaban J connectivity index is 0.00000100. The monoisotopic (exact) mass is 403 g/mol. The number of benzene rings is 1. The third kappa shape index (κ3) is 3.43. The lowest BCUT2D eigenvalue weighted by Crippen LogP contribution is -2.19. The molecule has 1 aromatic carbocycles. The smallest absolute Gasteiger partial charge is 0.387 e. The quantitative estimate of drug-likeness (QED) is 0.819. The van der Waals surface area contributed by atoms with Gasteiger partial charge in [-0.3, -0.25) is 4.79 Å². The molecular weight excluding hydrogens is 388 g/mol. The van der Waals surface area contributed by atoms with E-state index in [1.807, 2.05) is 13.8 Å². The molecule has 1 N–H and O–H groups in total. The van der Waals surface area contributed by atoms with Crippen molar-refractivity contribution in [2.24, 2.45) is 0 Å². The summed E-state index contributed by atoms with van der Waals surface area (Å²) in [6, 6.07) is 2.78. The standard InChI is InChI=1S/C14H10BrF2NO4.C2H6/c15-9-4-3-7-10(12(9)22-14(16)17)18(6-1-2-6)5-8(11(7)19)13(20)21;1-2/h3-6,14H,1-2H2,(H,20,21);1-2H3. The van der Waals surface area contributed by atoms with Crippen molar-refractivity contribution < 1.29 is 23.4 Å². The van der Waals surface area contributed by atoms with E-state index in [0.717, 1.165) is 12.8 Å². The highest BCUT2D eigenvalue weighted by Gasteiger charge is 2.29. The number of aromatic carboxylic acids is 1. The average Bonchev–Trinajstić information content (AvgIpc) is 3.36. The Hall–Kier alpha value is -1.96. The van der Waals surface area contributed by atoms with Crippen LogP contribution in [0.4, 0.5) is 8.78 Å². The molecule has 2 aromatic rings. The largest absolute Gasteiger partial charge is 0.477 e. The van der Waals surface area contributed by atoms with E-state index in [0.29, 0.717) is 0 Å². The van der Waals surface area contributed by atoms with Crippen molar-refractivity contribution in [3.8, 4) is 5.75 Å². The van der Waals surface area contributed by atoms with Gasteiger partial charge in [-0.05, 0) is 40.9 Å². The van der Waals surface area contributed by atoms with Gasteiger partial charge in [-0.15, -0.1) is 0 Å². The Morgan fingerprint density at radius 2 is 2.00 bits per heavy atom. The molecule has 1 heterocycles. The molecule has 0 spiro atoms. The molecule has 5 nitrogen and oxygen atoms in total. The maximum atomic E-state index is 12.7. The zero-order chi connectivity index (χ0) is 18.0. The van der Waals surface area contributed by atoms with Crippen LogP contribution in [0.15, 0.2) is 27.6 Å². The van der Waals surface area contributed by atoms with Crippen LogP contribution in [0.2, 0.25) is 0 Å². The van der Waals surface area contributed by atoms with E-state index < -0.39 is 18.0 Å². The molecule has 1 saturated carbocycles. The maximum absolute atomic E-state index is 12.7. The normalized spacial score (nSPS) is 13.6. The number of alkyl halides is 2. The molecule has 0 aliphatic heterocycles. The van der Waals surface area contributed by atoms with Gasteiger partial charge in [0.05, 0.1) is 15.4 Å². The molecule has 1 fully saturated rings. The second-order valence-corrected chi connectivity index (χ2v) is 5.82. The molecule has 0 saturated heterocycles. The fraction of sp³-hybridized carbons (Fsp3) is 0.375. The average molecular weight is 404 g/mol. The molecule has 0 bridgehead atoms. The molecule has 0 amide bonds. The number of hydrogen-bond donors (Lipinski definition) is 1. The molecule has 24 heavy (non-hydrogen) atoms. The van der Waals surface area contributed by atoms with Gasteiger partial charge in [0.2, 0.25) is 5.43 Å². The van der Waals surface area contributed by atoms with Crippen LogP contribution in [-0.2, 0) is 0 Å². The number of rotatable bonds is 4. The van der Waals surface area contributed by atoms with E-state index in [1.165, 1.54) is 18.3 Å². The van der Waals surface area contributed by atoms with Gasteiger partial charge in [0.25, 0.3) is 0 Å². The van der Waals surface area contributed by atoms with Crippen molar-refractivity contribution in [1.82, 2.24) is 4.57 Å². The van der Waals surface area contributed by atoms with E-state index in [4.69, 9.17) is 5.11 Å². The van der Waals surface area contributed by atoms with E-state index in [-0.39, 0.29) is 32.7 Å². The number of hydrogen-bond acceptors (Lipinski definition) is 3. The minimum Gasteiger partial charge on any atom is -0.477 e. The maximum Gasteiger partial charge on any atom is 0.387 e. The lowest BCUT2D eigenvalue weighted by Gasteiger charge is -2.16. The summed E-state index contributed by atoms with van der Waals surface area (Å²) in [6.07, 6.45) is 2.78. The van der Waals surface area contributed by atoms with Gasteiger partial charge in [0.1, 0.15) is 5.56 Å². The van der Waals surface area contributed by atoms with Crippen molar-refractivity contribution >= 4 is 32.8 Å². The molecule has 3 rings (SSSR count). The van der Waals surface area contributed by atoms with Gasteiger partial charge in [-0.1, -0.05) is 13.8 Å². The van der Waals surface area contributed by atoms with Crippen molar-refractivity contribution in [2.45, 2.75) is 39.3 Å². The Morgan fingerprint density at radius 1 is 1.38 bits per heavy atom. The fourth-order valence-corrected chi connectivity index (χ4v) is 2.80. The molecular formula is C16H16BrF2NO4. The van der Waals surface area contributed by atoms with Crippen LogP contribution in [0.3, 0.4) is 0 Å². The summed E-state index contributed by atoms with van der Waals surface area (Å²) in [6.45, 7) is 0.948. The second-order valence-electron chi connectivity index (χ2n) is 4.97. The van der Waals surface area contributed by atoms with Crippen LogP contribution >= 0.6 is 15.9 Å². The zero-order valence-electron chi connectivity index (χ0n) is 13.1. The van der Waals surface area contributed by atoms with Crippen LogP contribution in [0, 0.1) is 0 Å². The van der Waals surface area contributed by atoms with Crippen LogP contribution in [0.25, 0.3) is 10.9 Å². The second kappa shape index (κ2) is 7.29. The third-order valence-corrected chi connectivity index (χ3v) is 4.10. The lowest BCUT2D eigenvalue weighted by molar-refractivity contribution is -0.0495. The van der Waals surface area contributed by atoms with Gasteiger partial charge in [0.15, 0.2) is 5.75 Å². The first kappa shape index (κ1) is 18.4. The molecule has 0 radical (unpaired) electrons. The third-order valence-electron chi connectivity index (χ3n) is 3.48. The van der Waals surface area contributed by atoms with Crippen molar-refractivity contribution in [2.75, 3.05) is 0 Å². The molecule has 0 atom stereocenters. The van der Waals surface area contributed by atoms with Crippen LogP contribution in [0.5, 0.6) is 5.75 Å². The Kier molecular flexibility index (Phi) is 5.58. The highest BCUT2D eigenvalue weighted by atomic mass is 79.9. The molecule has 1 aliphatic carbocycles. The number of halogens is 3. The predicted octanol–water partition coefficient (Wildman–Crippen LogP) is 4.42. The molecule has 0 unspecified atom stereocenters. The van der Waals surface area contributed by atoms with Crippen LogP contribution in [0.1, 0.15) is 43.1 Å². The van der Waals surface area contributed by atoms with Gasteiger partial charge < -0.3 is 14.4 Å². The first-order chi connectivity index (χ1) is 11.4. The van der Waals surface area contributed by atoms with E-state index >= 15 is 0 Å². The highest BCUT2D eigenvalue weighted by Crippen LogP contribution is 2.41. The van der Waals surface area contributed by atoms with E-state index in [1.54, 1.807) is 4.57 Å². The highest BCUT2D eigenvalue weighted by molar-refractivity contribution is 9.10. The Morgan fingerprint density at radius 3 is 2.50 bits per heavy atom. The summed E-state index contributed by atoms with van der Waals surface area (Å²) in [5.41, 5.74) is -0.914. The van der Waals surface area contributed by atoms with Crippen LogP contribution < -0.4 is 10.2 Å². The molecule has 1 aliphatic rings. The SMILES string of the molecule is CC.O=C(O)c1cn(C2CC2)c2c(OC(F)F)c(Br)ccc2c1=O. The lowest BCUT2D eigenvalue weighted by atomic mass is 10.1. The minimum absolute atomic E-state index is 0.0180. The number of aromatic nitrogens is 1. The molecule has 130 valence electrons. The predicted molar refractivity (Wildman–Crippen MR) is 89.1 cm³/mol. The topological polar surface area (TPSA) is 68.5 Å². The zero-order valence-corrected chi connectivity index (χ0v) is 14.6. The van der Waals surface area contributed by atoms with E-state index in [2.05, 4.69) is 20.7 Å². The fourth-order valence-electron chi connectivity index (χ4n) is 2.39. The van der Waals surface area contributed by atoms with Crippen molar-refractivity contribution in [3.63, 3.8) is 0 Å². The van der Waals surface area contributed by atoms with E-state index in [9.17, 15) is 18.4 Å². The Bertz CT molecular complexity index is 831. The summed E-state index contributed by atoms with van der Waals surface area (Å²) < 4.78 is 31.7. The van der Waals surface area contributed by atoms with Gasteiger partial charge in [-0.25, -0.2) is 4.79 Å². The Labute approximate surface area is 145 Å². The minimum atomic E-state index is -3.05. The summed E-state index contributed by atoms with van der Waals surface area (Å²) in [5.74, 6) is -1.51. The summed E-state index contributed by atoms with van der Waals surface area (Å²) >= 11 is 3.13. The number of carbonyl (C=O) groups is 1. The first-order valence-corrected chi connectivity index (χ1v) is 8.25. The van der Waals surface area contributed by atoms with Crippen molar-refractivity contribution in [3.05, 3.63) is 38.6 Å². The number of ether oxygens (including phenoxy) is 1. The van der Waals surface area contributed by atoms with Crippen molar-refractivity contribution in [1.29, 1.82) is 0 Å². The summed E-state index contributed by atoms with van der Waals surface area (Å²) in [7, 11) is 0. The number of pyridine rings is 1. The number of fused-ring (bicyclic) bond motifs is 1. The number of carboxylic acid groups (broad SMARTS) is 1. The molecule has 1 aromatic heterocycles. The van der Waals surface area contributed by atoms with Crippen LogP contribution in [-0.4, -0.2) is 22.3 Å². The number of carboxylic acids is 1.